The van der Waals surface area contributed by atoms with Crippen LogP contribution in [0.1, 0.15) is 25.7 Å². The summed E-state index contributed by atoms with van der Waals surface area (Å²) in [7, 11) is 0. The maximum Gasteiger partial charge on any atom is 2.00 e. The Morgan fingerprint density at radius 3 is 1.06 bits per heavy atom. The van der Waals surface area contributed by atoms with Crippen molar-refractivity contribution in [3.8, 4) is 0 Å². The normalized spacial score (nSPS) is 18.1. The van der Waals surface area contributed by atoms with Crippen LogP contribution in [-0.2, 0) is 0 Å². The molecule has 0 bridgehead atoms. The van der Waals surface area contributed by atoms with E-state index < -0.39 is 12.1 Å². The van der Waals surface area contributed by atoms with E-state index in [4.69, 9.17) is 11.5 Å². The van der Waals surface area contributed by atoms with Crippen LogP contribution in [0.2, 0.25) is 0 Å². The van der Waals surface area contributed by atoms with Gasteiger partial charge < -0.3 is 21.3 Å². The molecule has 2 saturated heterocycles. The zero-order valence-corrected chi connectivity index (χ0v) is 12.3. The molecule has 4 amide bonds. The number of likely N-dealkylation sites (tertiary alicyclic amines) is 2. The van der Waals surface area contributed by atoms with Crippen LogP contribution in [-0.4, -0.2) is 85.8 Å². The van der Waals surface area contributed by atoms with E-state index in [0.29, 0.717) is 0 Å². The summed E-state index contributed by atoms with van der Waals surface area (Å²) < 4.78 is 0. The van der Waals surface area contributed by atoms with Gasteiger partial charge in [0.15, 0.2) is 12.1 Å². The minimum Gasteiger partial charge on any atom is -0.447 e. The molecule has 2 aliphatic rings. The van der Waals surface area contributed by atoms with Crippen LogP contribution in [0.25, 0.3) is 11.5 Å². The van der Waals surface area contributed by atoms with Gasteiger partial charge in [0.2, 0.25) is 0 Å². The topological polar surface area (TPSA) is 88.2 Å². The van der Waals surface area contributed by atoms with Crippen molar-refractivity contribution in [2.75, 3.05) is 26.2 Å². The molecule has 2 N–H and O–H groups in total. The zero-order valence-electron chi connectivity index (χ0n) is 10.1. The molecule has 2 heterocycles. The second-order valence-corrected chi connectivity index (χ2v) is 4.00. The molecule has 2 aliphatic heterocycles. The molecule has 0 atom stereocenters. The van der Waals surface area contributed by atoms with Gasteiger partial charge in [-0.3, -0.25) is 9.59 Å². The first-order chi connectivity index (χ1) is 7.61. The van der Waals surface area contributed by atoms with Gasteiger partial charge in [-0.15, -0.1) is 0 Å². The molecule has 0 unspecified atom stereocenters. The fraction of sp³-hybridized carbons (Fsp3) is 0.800. The first-order valence-electron chi connectivity index (χ1n) is 5.62. The number of hydrogen-bond donors (Lipinski definition) is 0. The minimum atomic E-state index is -0.525. The summed E-state index contributed by atoms with van der Waals surface area (Å²) in [5, 5.41) is 0. The molecule has 17 heavy (non-hydrogen) atoms. The predicted molar refractivity (Wildman–Crippen MR) is 66.8 cm³/mol. The molecule has 0 radical (unpaired) electrons. The molecule has 0 aromatic rings. The third-order valence-electron chi connectivity index (χ3n) is 2.79. The number of carbonyl (C=O) groups excluding carboxylic acids is 2. The molecular formula is C10H18CaN4O2. The average Bonchev–Trinajstić information content (AvgIpc) is 2.93. The third-order valence-corrected chi connectivity index (χ3v) is 2.79. The van der Waals surface area contributed by atoms with Gasteiger partial charge in [0.1, 0.15) is 0 Å². The maximum atomic E-state index is 10.2. The summed E-state index contributed by atoms with van der Waals surface area (Å²) in [6, 6.07) is -1.05. The van der Waals surface area contributed by atoms with Crippen molar-refractivity contribution in [1.29, 1.82) is 0 Å². The van der Waals surface area contributed by atoms with Gasteiger partial charge in [0.05, 0.1) is 0 Å². The Balaban J connectivity index is 0.000000284. The van der Waals surface area contributed by atoms with Crippen LogP contribution >= 0.6 is 0 Å². The summed E-state index contributed by atoms with van der Waals surface area (Å²) in [5.74, 6) is 0. The van der Waals surface area contributed by atoms with Crippen molar-refractivity contribution >= 4 is 49.8 Å². The molecule has 92 valence electrons. The van der Waals surface area contributed by atoms with Gasteiger partial charge in [0.25, 0.3) is 0 Å². The Kier molecular flexibility index (Phi) is 8.72. The fourth-order valence-corrected chi connectivity index (χ4v) is 1.84. The summed E-state index contributed by atoms with van der Waals surface area (Å²) in [6.45, 7) is 3.18. The summed E-state index contributed by atoms with van der Waals surface area (Å²) in [6.07, 6.45) is 4.30. The first-order valence-corrected chi connectivity index (χ1v) is 5.62. The Hall–Kier alpha value is -0.200. The van der Waals surface area contributed by atoms with Gasteiger partial charge in [-0.2, -0.15) is 0 Å². The Labute approximate surface area is 132 Å². The minimum absolute atomic E-state index is 0. The smallest absolute Gasteiger partial charge is 0.447 e. The van der Waals surface area contributed by atoms with Crippen molar-refractivity contribution in [2.45, 2.75) is 25.7 Å². The monoisotopic (exact) mass is 266 g/mol. The molecule has 0 aromatic heterocycles. The number of urea groups is 2. The standard InChI is InChI=1S/2C5H10N2O.Ca/c2*6-5(8)7-3-1-2-4-7;/h2*1-4H2,(H2,6,8);/q;;+2/p-2. The summed E-state index contributed by atoms with van der Waals surface area (Å²) in [5.41, 5.74) is 13.3. The molecular weight excluding hydrogens is 248 g/mol. The molecule has 2 fully saturated rings. The number of hydrogen-bond acceptors (Lipinski definition) is 2. The van der Waals surface area contributed by atoms with E-state index in [9.17, 15) is 9.59 Å². The quantitative estimate of drug-likeness (QED) is 0.629. The van der Waals surface area contributed by atoms with Crippen LogP contribution in [0.3, 0.4) is 0 Å². The number of rotatable bonds is 0. The second kappa shape index (κ2) is 8.83. The van der Waals surface area contributed by atoms with Gasteiger partial charge in [0, 0.05) is 0 Å². The van der Waals surface area contributed by atoms with E-state index in [1.54, 1.807) is 9.80 Å². The number of nitrogens with zero attached hydrogens (tertiary/aromatic N) is 2. The molecule has 6 nitrogen and oxygen atoms in total. The van der Waals surface area contributed by atoms with Crippen LogP contribution in [0.15, 0.2) is 0 Å². The predicted octanol–water partition coefficient (Wildman–Crippen LogP) is 2.13. The molecule has 7 heteroatoms. The van der Waals surface area contributed by atoms with Crippen LogP contribution in [0, 0.1) is 0 Å². The van der Waals surface area contributed by atoms with Gasteiger partial charge in [-0.05, 0) is 26.2 Å². The Morgan fingerprint density at radius 1 is 0.706 bits per heavy atom. The van der Waals surface area contributed by atoms with Crippen molar-refractivity contribution in [3.05, 3.63) is 11.5 Å². The summed E-state index contributed by atoms with van der Waals surface area (Å²) in [4.78, 5) is 23.6. The van der Waals surface area contributed by atoms with Crippen molar-refractivity contribution in [1.82, 2.24) is 9.80 Å². The zero-order chi connectivity index (χ0) is 12.0. The van der Waals surface area contributed by atoms with E-state index in [0.717, 1.165) is 51.9 Å². The summed E-state index contributed by atoms with van der Waals surface area (Å²) >= 11 is 0. The van der Waals surface area contributed by atoms with Crippen LogP contribution < -0.4 is 0 Å². The van der Waals surface area contributed by atoms with Gasteiger partial charge in [-0.1, -0.05) is 25.7 Å². The largest absolute Gasteiger partial charge is 2.00 e. The Morgan fingerprint density at radius 2 is 0.941 bits per heavy atom. The second-order valence-electron chi connectivity index (χ2n) is 4.00. The average molecular weight is 266 g/mol. The number of nitrogens with one attached hydrogen (secondary N) is 2. The van der Waals surface area contributed by atoms with E-state index >= 15 is 0 Å². The van der Waals surface area contributed by atoms with Crippen molar-refractivity contribution in [3.63, 3.8) is 0 Å². The SMILES string of the molecule is [Ca+2].[NH-]C(=O)N1CCCC1.[NH-]C(=O)N1CCCC1. The first kappa shape index (κ1) is 16.8. The third kappa shape index (κ3) is 6.33. The van der Waals surface area contributed by atoms with Crippen LogP contribution in [0.4, 0.5) is 9.59 Å². The van der Waals surface area contributed by atoms with Gasteiger partial charge in [-0.25, -0.2) is 0 Å². The van der Waals surface area contributed by atoms with E-state index in [1.165, 1.54) is 0 Å². The van der Waals surface area contributed by atoms with Crippen molar-refractivity contribution < 1.29 is 9.59 Å². The molecule has 0 aromatic carbocycles. The van der Waals surface area contributed by atoms with E-state index in [1.807, 2.05) is 0 Å². The van der Waals surface area contributed by atoms with Crippen LogP contribution in [0.5, 0.6) is 0 Å². The number of carbonyl (C=O) groups is 2. The molecule has 0 spiro atoms. The fourth-order valence-electron chi connectivity index (χ4n) is 1.84. The molecule has 2 rings (SSSR count). The number of amides is 4. The molecule has 0 aliphatic carbocycles. The van der Waals surface area contributed by atoms with E-state index in [-0.39, 0.29) is 37.7 Å². The maximum absolute atomic E-state index is 10.2. The Bertz CT molecular complexity index is 225. The molecule has 0 saturated carbocycles. The van der Waals surface area contributed by atoms with Gasteiger partial charge >= 0.3 is 37.7 Å². The van der Waals surface area contributed by atoms with Crippen molar-refractivity contribution in [2.24, 2.45) is 0 Å². The van der Waals surface area contributed by atoms with E-state index in [2.05, 4.69) is 0 Å².